The van der Waals surface area contributed by atoms with E-state index in [-0.39, 0.29) is 11.9 Å². The fourth-order valence-electron chi connectivity index (χ4n) is 2.04. The van der Waals surface area contributed by atoms with Crippen LogP contribution >= 0.6 is 11.3 Å². The average Bonchev–Trinajstić information content (AvgIpc) is 2.94. The van der Waals surface area contributed by atoms with Crippen molar-refractivity contribution in [1.29, 1.82) is 0 Å². The summed E-state index contributed by atoms with van der Waals surface area (Å²) in [5.74, 6) is 0.0771. The van der Waals surface area contributed by atoms with E-state index < -0.39 is 0 Å². The van der Waals surface area contributed by atoms with Crippen LogP contribution in [0.2, 0.25) is 0 Å². The summed E-state index contributed by atoms with van der Waals surface area (Å²) in [7, 11) is 0. The summed E-state index contributed by atoms with van der Waals surface area (Å²) < 4.78 is 15.1. The van der Waals surface area contributed by atoms with Gasteiger partial charge in [0.2, 0.25) is 5.95 Å². The highest BCUT2D eigenvalue weighted by atomic mass is 32.1. The van der Waals surface area contributed by atoms with Gasteiger partial charge in [0.25, 0.3) is 0 Å². The van der Waals surface area contributed by atoms with Crippen molar-refractivity contribution in [2.45, 2.75) is 13.0 Å². The first-order chi connectivity index (χ1) is 8.66. The van der Waals surface area contributed by atoms with Crippen molar-refractivity contribution in [2.24, 2.45) is 0 Å². The minimum atomic E-state index is -0.296. The van der Waals surface area contributed by atoms with Crippen molar-refractivity contribution in [2.75, 3.05) is 5.73 Å². The lowest BCUT2D eigenvalue weighted by atomic mass is 10.2. The Kier molecular flexibility index (Phi) is 2.52. The molecule has 92 valence electrons. The molecule has 0 saturated carbocycles. The van der Waals surface area contributed by atoms with Gasteiger partial charge in [0.15, 0.2) is 0 Å². The van der Waals surface area contributed by atoms with E-state index in [1.165, 1.54) is 12.1 Å². The molecule has 1 aromatic carbocycles. The van der Waals surface area contributed by atoms with Crippen molar-refractivity contribution in [1.82, 2.24) is 14.5 Å². The van der Waals surface area contributed by atoms with Crippen molar-refractivity contribution in [3.8, 4) is 0 Å². The molecule has 0 aliphatic rings. The summed E-state index contributed by atoms with van der Waals surface area (Å²) in [6.45, 7) is 1.97. The molecule has 4 nitrogen and oxygen atoms in total. The second-order valence-electron chi connectivity index (χ2n) is 4.02. The van der Waals surface area contributed by atoms with Gasteiger partial charge in [0.1, 0.15) is 10.8 Å². The van der Waals surface area contributed by atoms with Crippen LogP contribution in [0.15, 0.2) is 29.8 Å². The van der Waals surface area contributed by atoms with Gasteiger partial charge >= 0.3 is 0 Å². The molecule has 0 radical (unpaired) electrons. The number of imidazole rings is 1. The number of nitrogens with zero attached hydrogens (tertiary/aromatic N) is 3. The summed E-state index contributed by atoms with van der Waals surface area (Å²) in [5, 5.41) is 2.83. The normalized spacial score (nSPS) is 13.0. The molecule has 2 heterocycles. The summed E-state index contributed by atoms with van der Waals surface area (Å²) in [5.41, 5.74) is 7.30. The van der Waals surface area contributed by atoms with Crippen molar-refractivity contribution in [3.05, 3.63) is 40.6 Å². The topological polar surface area (TPSA) is 56.7 Å². The quantitative estimate of drug-likeness (QED) is 0.772. The molecule has 1 unspecified atom stereocenters. The predicted octanol–water partition coefficient (Wildman–Crippen LogP) is 2.82. The van der Waals surface area contributed by atoms with Crippen LogP contribution in [0.1, 0.15) is 18.0 Å². The number of hydrogen-bond donors (Lipinski definition) is 1. The second-order valence-corrected chi connectivity index (χ2v) is 4.95. The molecule has 1 atom stereocenters. The first-order valence-electron chi connectivity index (χ1n) is 5.49. The molecule has 0 aliphatic heterocycles. The molecule has 0 fully saturated rings. The van der Waals surface area contributed by atoms with E-state index in [2.05, 4.69) is 9.97 Å². The third-order valence-corrected chi connectivity index (χ3v) is 3.82. The van der Waals surface area contributed by atoms with Gasteiger partial charge in [-0.25, -0.2) is 14.4 Å². The molecular formula is C12H11FN4S. The van der Waals surface area contributed by atoms with Crippen LogP contribution in [0.3, 0.4) is 0 Å². The molecule has 0 aliphatic carbocycles. The average molecular weight is 262 g/mol. The highest BCUT2D eigenvalue weighted by molar-refractivity contribution is 7.09. The lowest BCUT2D eigenvalue weighted by molar-refractivity contribution is 0.624. The Morgan fingerprint density at radius 2 is 2.28 bits per heavy atom. The van der Waals surface area contributed by atoms with Crippen LogP contribution in [0, 0.1) is 5.82 Å². The highest BCUT2D eigenvalue weighted by Crippen LogP contribution is 2.28. The number of benzene rings is 1. The van der Waals surface area contributed by atoms with Crippen molar-refractivity contribution < 1.29 is 4.39 Å². The van der Waals surface area contributed by atoms with E-state index in [1.807, 2.05) is 12.3 Å². The van der Waals surface area contributed by atoms with Crippen LogP contribution in [-0.4, -0.2) is 14.5 Å². The molecule has 18 heavy (non-hydrogen) atoms. The molecule has 0 spiro atoms. The minimum absolute atomic E-state index is 0.0585. The Balaban J connectivity index is 2.22. The highest BCUT2D eigenvalue weighted by Gasteiger charge is 2.17. The molecular weight excluding hydrogens is 251 g/mol. The second kappa shape index (κ2) is 4.06. The number of fused-ring (bicyclic) bond motifs is 1. The van der Waals surface area contributed by atoms with Gasteiger partial charge in [0, 0.05) is 11.6 Å². The maximum absolute atomic E-state index is 13.3. The number of nitrogens with two attached hydrogens (primary N) is 1. The van der Waals surface area contributed by atoms with Gasteiger partial charge in [-0.2, -0.15) is 0 Å². The Morgan fingerprint density at radius 1 is 1.44 bits per heavy atom. The zero-order valence-corrected chi connectivity index (χ0v) is 10.5. The minimum Gasteiger partial charge on any atom is -0.369 e. The van der Waals surface area contributed by atoms with Crippen LogP contribution in [0.4, 0.5) is 10.3 Å². The van der Waals surface area contributed by atoms with Gasteiger partial charge in [-0.15, -0.1) is 11.3 Å². The Hall–Kier alpha value is -1.95. The lowest BCUT2D eigenvalue weighted by Gasteiger charge is -2.13. The SMILES string of the molecule is CC(c1nccs1)n1c(N)nc2ccc(F)cc21. The number of rotatable bonds is 2. The van der Waals surface area contributed by atoms with Crippen molar-refractivity contribution in [3.63, 3.8) is 0 Å². The van der Waals surface area contributed by atoms with Crippen LogP contribution in [-0.2, 0) is 0 Å². The monoisotopic (exact) mass is 262 g/mol. The molecule has 3 rings (SSSR count). The number of aromatic nitrogens is 3. The van der Waals surface area contributed by atoms with Crippen LogP contribution < -0.4 is 5.73 Å². The van der Waals surface area contributed by atoms with Gasteiger partial charge in [0.05, 0.1) is 17.1 Å². The van der Waals surface area contributed by atoms with Gasteiger partial charge < -0.3 is 10.3 Å². The Bertz CT molecular complexity index is 689. The van der Waals surface area contributed by atoms with Gasteiger partial charge in [-0.05, 0) is 25.1 Å². The molecule has 0 saturated heterocycles. The van der Waals surface area contributed by atoms with Gasteiger partial charge in [-0.3, -0.25) is 0 Å². The largest absolute Gasteiger partial charge is 0.369 e. The standard InChI is InChI=1S/C12H11FN4S/c1-7(11-15-4-5-18-11)17-10-6-8(13)2-3-9(10)16-12(17)14/h2-7H,1H3,(H2,14,16). The number of thiazole rings is 1. The summed E-state index contributed by atoms with van der Waals surface area (Å²) in [6.07, 6.45) is 1.74. The van der Waals surface area contributed by atoms with Gasteiger partial charge in [-0.1, -0.05) is 0 Å². The van der Waals surface area contributed by atoms with E-state index in [0.717, 1.165) is 5.01 Å². The Labute approximate surface area is 107 Å². The first kappa shape index (κ1) is 11.2. The van der Waals surface area contributed by atoms with E-state index in [1.54, 1.807) is 28.2 Å². The van der Waals surface area contributed by atoms with Crippen molar-refractivity contribution >= 4 is 28.3 Å². The summed E-state index contributed by atoms with van der Waals surface area (Å²) >= 11 is 1.54. The molecule has 3 aromatic rings. The lowest BCUT2D eigenvalue weighted by Crippen LogP contribution is -2.09. The van der Waals surface area contributed by atoms with E-state index >= 15 is 0 Å². The maximum Gasteiger partial charge on any atom is 0.201 e. The first-order valence-corrected chi connectivity index (χ1v) is 6.37. The predicted molar refractivity (Wildman–Crippen MR) is 70.0 cm³/mol. The van der Waals surface area contributed by atoms with Crippen LogP contribution in [0.25, 0.3) is 11.0 Å². The molecule has 2 N–H and O–H groups in total. The number of nitrogen functional groups attached to an aromatic ring is 1. The maximum atomic E-state index is 13.3. The molecule has 2 aromatic heterocycles. The van der Waals surface area contributed by atoms with E-state index in [4.69, 9.17) is 5.73 Å². The third-order valence-electron chi connectivity index (χ3n) is 2.87. The van der Waals surface area contributed by atoms with E-state index in [0.29, 0.717) is 17.0 Å². The molecule has 0 bridgehead atoms. The number of halogens is 1. The fourth-order valence-corrected chi connectivity index (χ4v) is 2.73. The molecule has 0 amide bonds. The third kappa shape index (κ3) is 1.65. The number of hydrogen-bond acceptors (Lipinski definition) is 4. The Morgan fingerprint density at radius 3 is 3.00 bits per heavy atom. The fraction of sp³-hybridized carbons (Fsp3) is 0.167. The molecule has 6 heteroatoms. The number of anilines is 1. The zero-order valence-electron chi connectivity index (χ0n) is 9.67. The summed E-state index contributed by atoms with van der Waals surface area (Å²) in [4.78, 5) is 8.50. The smallest absolute Gasteiger partial charge is 0.201 e. The van der Waals surface area contributed by atoms with Crippen LogP contribution in [0.5, 0.6) is 0 Å². The zero-order chi connectivity index (χ0) is 12.7. The summed E-state index contributed by atoms with van der Waals surface area (Å²) in [6, 6.07) is 4.40. The van der Waals surface area contributed by atoms with E-state index in [9.17, 15) is 4.39 Å².